The van der Waals surface area contributed by atoms with Crippen molar-refractivity contribution in [2.75, 3.05) is 33.8 Å². The van der Waals surface area contributed by atoms with Gasteiger partial charge in [-0.05, 0) is 41.6 Å². The van der Waals surface area contributed by atoms with Crippen molar-refractivity contribution in [3.05, 3.63) is 45.6 Å². The molecular weight excluding hydrogens is 525 g/mol. The van der Waals surface area contributed by atoms with Crippen molar-refractivity contribution in [3.8, 4) is 11.5 Å². The minimum atomic E-state index is -2.88. The highest BCUT2D eigenvalue weighted by atomic mass is 127. The Balaban J connectivity index is 0.00000320. The quantitative estimate of drug-likeness (QED) is 0.297. The molecule has 2 heterocycles. The van der Waals surface area contributed by atoms with Crippen LogP contribution in [0.25, 0.3) is 0 Å². The topological polar surface area (TPSA) is 58.1 Å². The molecule has 0 saturated heterocycles. The molecule has 6 nitrogen and oxygen atoms in total. The van der Waals surface area contributed by atoms with E-state index in [2.05, 4.69) is 36.7 Å². The average molecular weight is 552 g/mol. The second-order valence-corrected chi connectivity index (χ2v) is 7.60. The molecule has 0 amide bonds. The van der Waals surface area contributed by atoms with Crippen molar-refractivity contribution in [2.45, 2.75) is 26.1 Å². The third kappa shape index (κ3) is 6.95. The first-order valence-corrected chi connectivity index (χ1v) is 10.3. The molecule has 166 valence electrons. The van der Waals surface area contributed by atoms with Crippen LogP contribution < -0.4 is 20.1 Å². The first-order chi connectivity index (χ1) is 14.1. The minimum Gasteiger partial charge on any atom is -0.497 e. The number of alkyl halides is 2. The smallest absolute Gasteiger partial charge is 0.387 e. The number of hydrogen-bond acceptors (Lipinski definition) is 5. The molecule has 1 aromatic carbocycles. The molecule has 2 aromatic rings. The molecule has 0 bridgehead atoms. The van der Waals surface area contributed by atoms with Crippen LogP contribution in [0.2, 0.25) is 0 Å². The van der Waals surface area contributed by atoms with Crippen LogP contribution >= 0.6 is 35.3 Å². The van der Waals surface area contributed by atoms with Crippen LogP contribution in [0.5, 0.6) is 11.5 Å². The van der Waals surface area contributed by atoms with Crippen molar-refractivity contribution in [1.29, 1.82) is 0 Å². The fraction of sp³-hybridized carbons (Fsp3) is 0.450. The summed E-state index contributed by atoms with van der Waals surface area (Å²) in [6.45, 7) is 1.06. The number of aliphatic imine (C=N–C) groups is 1. The lowest BCUT2D eigenvalue weighted by Gasteiger charge is -2.27. The molecule has 1 aliphatic rings. The zero-order chi connectivity index (χ0) is 20.6. The number of guanidine groups is 1. The highest BCUT2D eigenvalue weighted by Crippen LogP contribution is 2.26. The summed E-state index contributed by atoms with van der Waals surface area (Å²) in [5.74, 6) is 1.29. The SMILES string of the molecule is CN=C(NCCN1CCc2sccc2C1)NCc1cc(OC)ccc1OC(F)F.I. The van der Waals surface area contributed by atoms with Crippen LogP contribution in [0, 0.1) is 0 Å². The van der Waals surface area contributed by atoms with Gasteiger partial charge in [0.2, 0.25) is 0 Å². The summed E-state index contributed by atoms with van der Waals surface area (Å²) in [6.07, 6.45) is 1.10. The van der Waals surface area contributed by atoms with E-state index in [0.29, 0.717) is 17.3 Å². The zero-order valence-corrected chi connectivity index (χ0v) is 20.1. The molecule has 0 saturated carbocycles. The van der Waals surface area contributed by atoms with Gasteiger partial charge < -0.3 is 20.1 Å². The highest BCUT2D eigenvalue weighted by Gasteiger charge is 2.17. The lowest BCUT2D eigenvalue weighted by Crippen LogP contribution is -2.42. The number of hydrogen-bond donors (Lipinski definition) is 2. The predicted molar refractivity (Wildman–Crippen MR) is 127 cm³/mol. The number of rotatable bonds is 8. The molecule has 0 atom stereocenters. The van der Waals surface area contributed by atoms with Gasteiger partial charge in [-0.25, -0.2) is 0 Å². The maximum atomic E-state index is 12.6. The van der Waals surface area contributed by atoms with Gasteiger partial charge in [0.25, 0.3) is 0 Å². The van der Waals surface area contributed by atoms with Gasteiger partial charge >= 0.3 is 6.61 Å². The summed E-state index contributed by atoms with van der Waals surface area (Å²) in [5.41, 5.74) is 1.99. The molecule has 0 radical (unpaired) electrons. The molecule has 10 heteroatoms. The van der Waals surface area contributed by atoms with Crippen LogP contribution in [-0.2, 0) is 19.5 Å². The predicted octanol–water partition coefficient (Wildman–Crippen LogP) is 3.70. The Morgan fingerprint density at radius 2 is 2.13 bits per heavy atom. The van der Waals surface area contributed by atoms with Gasteiger partial charge in [-0.15, -0.1) is 35.3 Å². The van der Waals surface area contributed by atoms with E-state index in [1.807, 2.05) is 11.3 Å². The van der Waals surface area contributed by atoms with Crippen molar-refractivity contribution in [2.24, 2.45) is 4.99 Å². The largest absolute Gasteiger partial charge is 0.497 e. The van der Waals surface area contributed by atoms with Gasteiger partial charge in [0.1, 0.15) is 11.5 Å². The molecule has 0 spiro atoms. The summed E-state index contributed by atoms with van der Waals surface area (Å²) >= 11 is 1.83. The third-order valence-electron chi connectivity index (χ3n) is 4.76. The van der Waals surface area contributed by atoms with E-state index < -0.39 is 6.61 Å². The number of ether oxygens (including phenoxy) is 2. The third-order valence-corrected chi connectivity index (χ3v) is 5.78. The number of thiophene rings is 1. The van der Waals surface area contributed by atoms with Crippen LogP contribution in [0.4, 0.5) is 8.78 Å². The second kappa shape index (κ2) is 12.3. The number of fused-ring (bicyclic) bond motifs is 1. The molecule has 1 aromatic heterocycles. The number of benzene rings is 1. The standard InChI is InChI=1S/C20H26F2N4O2S.HI/c1-23-20(24-7-9-26-8-5-18-14(13-26)6-10-29-18)25-12-15-11-16(27-2)3-4-17(15)28-19(21)22;/h3-4,6,10-11,19H,5,7-9,12-13H2,1-2H3,(H2,23,24,25);1H. The Morgan fingerprint density at radius 3 is 2.87 bits per heavy atom. The molecule has 1 aliphatic heterocycles. The van der Waals surface area contributed by atoms with E-state index >= 15 is 0 Å². The molecule has 0 unspecified atom stereocenters. The Kier molecular flexibility index (Phi) is 10.1. The lowest BCUT2D eigenvalue weighted by molar-refractivity contribution is -0.0504. The first kappa shape index (κ1) is 24.6. The van der Waals surface area contributed by atoms with Crippen molar-refractivity contribution < 1.29 is 18.3 Å². The van der Waals surface area contributed by atoms with E-state index in [4.69, 9.17) is 4.74 Å². The fourth-order valence-corrected chi connectivity index (χ4v) is 4.15. The van der Waals surface area contributed by atoms with Crippen LogP contribution in [0.1, 0.15) is 16.0 Å². The normalized spacial score (nSPS) is 14.1. The summed E-state index contributed by atoms with van der Waals surface area (Å²) in [7, 11) is 3.20. The Labute approximate surface area is 196 Å². The van der Waals surface area contributed by atoms with E-state index in [1.165, 1.54) is 23.6 Å². The van der Waals surface area contributed by atoms with E-state index in [0.717, 1.165) is 32.6 Å². The van der Waals surface area contributed by atoms with Crippen molar-refractivity contribution in [3.63, 3.8) is 0 Å². The van der Waals surface area contributed by atoms with Crippen LogP contribution in [0.15, 0.2) is 34.6 Å². The van der Waals surface area contributed by atoms with Gasteiger partial charge in [-0.3, -0.25) is 9.89 Å². The number of methoxy groups -OCH3 is 1. The fourth-order valence-electron chi connectivity index (χ4n) is 3.26. The van der Waals surface area contributed by atoms with Crippen molar-refractivity contribution >= 4 is 41.3 Å². The summed E-state index contributed by atoms with van der Waals surface area (Å²) in [5, 5.41) is 8.57. The maximum Gasteiger partial charge on any atom is 0.387 e. The van der Waals surface area contributed by atoms with Gasteiger partial charge in [0.05, 0.1) is 7.11 Å². The zero-order valence-electron chi connectivity index (χ0n) is 17.0. The summed E-state index contributed by atoms with van der Waals surface area (Å²) < 4.78 is 35.1. The van der Waals surface area contributed by atoms with Gasteiger partial charge in [0.15, 0.2) is 5.96 Å². The van der Waals surface area contributed by atoms with Gasteiger partial charge in [-0.2, -0.15) is 8.78 Å². The molecule has 2 N–H and O–H groups in total. The second-order valence-electron chi connectivity index (χ2n) is 6.60. The monoisotopic (exact) mass is 552 g/mol. The molecule has 0 aliphatic carbocycles. The maximum absolute atomic E-state index is 12.6. The van der Waals surface area contributed by atoms with Gasteiger partial charge in [-0.1, -0.05) is 0 Å². The molecule has 0 fully saturated rings. The summed E-state index contributed by atoms with van der Waals surface area (Å²) in [4.78, 5) is 8.11. The highest BCUT2D eigenvalue weighted by molar-refractivity contribution is 14.0. The van der Waals surface area contributed by atoms with E-state index in [9.17, 15) is 8.78 Å². The molecule has 30 heavy (non-hydrogen) atoms. The summed E-state index contributed by atoms with van der Waals surface area (Å²) in [6, 6.07) is 6.94. The first-order valence-electron chi connectivity index (χ1n) is 9.43. The van der Waals surface area contributed by atoms with Crippen LogP contribution in [-0.4, -0.2) is 51.3 Å². The molecular formula is C20H27F2IN4O2S. The average Bonchev–Trinajstić information content (AvgIpc) is 3.19. The number of nitrogens with zero attached hydrogens (tertiary/aromatic N) is 2. The molecule has 3 rings (SSSR count). The van der Waals surface area contributed by atoms with E-state index in [1.54, 1.807) is 19.2 Å². The number of halogens is 3. The van der Waals surface area contributed by atoms with Gasteiger partial charge in [0, 0.05) is 50.2 Å². The Hall–Kier alpha value is -1.66. The minimum absolute atomic E-state index is 0. The van der Waals surface area contributed by atoms with Crippen LogP contribution in [0.3, 0.4) is 0 Å². The Bertz CT molecular complexity index is 835. The van der Waals surface area contributed by atoms with E-state index in [-0.39, 0.29) is 36.3 Å². The number of nitrogens with one attached hydrogen (secondary N) is 2. The lowest BCUT2D eigenvalue weighted by atomic mass is 10.1. The van der Waals surface area contributed by atoms with Crippen molar-refractivity contribution in [1.82, 2.24) is 15.5 Å². The Morgan fingerprint density at radius 1 is 1.30 bits per heavy atom.